The van der Waals surface area contributed by atoms with Crippen LogP contribution in [0.2, 0.25) is 0 Å². The van der Waals surface area contributed by atoms with Gasteiger partial charge in [-0.05, 0) is 0 Å². The minimum atomic E-state index is -1.46. The van der Waals surface area contributed by atoms with Crippen LogP contribution in [0.5, 0.6) is 0 Å². The van der Waals surface area contributed by atoms with Crippen molar-refractivity contribution in [3.8, 4) is 0 Å². The van der Waals surface area contributed by atoms with Gasteiger partial charge >= 0.3 is 35.8 Å². The summed E-state index contributed by atoms with van der Waals surface area (Å²) in [5, 5.41) is 0. The highest BCUT2D eigenvalue weighted by Crippen LogP contribution is 2.26. The standard InChI is InChI=1S/C28H38O13/c1-7-21(29)36-15-27(16-37-22(30)8-2,17-38-23(31)9-3)13-35-14-28(18-39-24(32)10-4,19-40-25(33)11-5)20-41-26(34)12-6/h7-10H,1-4,11-20H2,5-6H3. The second kappa shape index (κ2) is 19.7. The summed E-state index contributed by atoms with van der Waals surface area (Å²) in [6.07, 6.45) is 3.71. The van der Waals surface area contributed by atoms with Gasteiger partial charge in [0.1, 0.15) is 39.6 Å². The molecule has 0 bridgehead atoms. The number of carbonyl (C=O) groups excluding carboxylic acids is 6. The van der Waals surface area contributed by atoms with E-state index >= 15 is 0 Å². The summed E-state index contributed by atoms with van der Waals surface area (Å²) in [7, 11) is 0. The predicted octanol–water partition coefficient (Wildman–Crippen LogP) is 1.80. The Morgan fingerprint density at radius 2 is 0.707 bits per heavy atom. The van der Waals surface area contributed by atoms with Gasteiger partial charge < -0.3 is 33.2 Å². The lowest BCUT2D eigenvalue weighted by atomic mass is 9.90. The molecular weight excluding hydrogens is 544 g/mol. The molecule has 0 aliphatic heterocycles. The molecule has 0 N–H and O–H groups in total. The number of rotatable bonds is 22. The average molecular weight is 583 g/mol. The zero-order chi connectivity index (χ0) is 31.3. The summed E-state index contributed by atoms with van der Waals surface area (Å²) in [5.74, 6) is -4.40. The Balaban J connectivity index is 6.27. The molecule has 0 unspecified atom stereocenters. The van der Waals surface area contributed by atoms with Gasteiger partial charge in [0, 0.05) is 37.1 Å². The van der Waals surface area contributed by atoms with Crippen LogP contribution in [0.4, 0.5) is 0 Å². The van der Waals surface area contributed by atoms with E-state index in [1.807, 2.05) is 0 Å². The van der Waals surface area contributed by atoms with Gasteiger partial charge in [0.15, 0.2) is 0 Å². The van der Waals surface area contributed by atoms with E-state index in [9.17, 15) is 28.8 Å². The maximum atomic E-state index is 11.9. The molecule has 41 heavy (non-hydrogen) atoms. The van der Waals surface area contributed by atoms with E-state index in [0.717, 1.165) is 24.3 Å². The van der Waals surface area contributed by atoms with Crippen molar-refractivity contribution in [1.29, 1.82) is 0 Å². The van der Waals surface area contributed by atoms with Crippen LogP contribution < -0.4 is 0 Å². The van der Waals surface area contributed by atoms with E-state index < -0.39 is 73.1 Å². The van der Waals surface area contributed by atoms with E-state index in [-0.39, 0.29) is 39.3 Å². The minimum absolute atomic E-state index is 0.0409. The first-order chi connectivity index (χ1) is 19.4. The van der Waals surface area contributed by atoms with Crippen LogP contribution in [-0.2, 0) is 61.9 Å². The lowest BCUT2D eigenvalue weighted by Crippen LogP contribution is -2.47. The summed E-state index contributed by atoms with van der Waals surface area (Å²) in [6, 6.07) is 0. The van der Waals surface area contributed by atoms with Crippen LogP contribution in [0, 0.1) is 10.8 Å². The summed E-state index contributed by atoms with van der Waals surface area (Å²) in [6.45, 7) is 13.2. The highest BCUT2D eigenvalue weighted by Gasteiger charge is 2.40. The van der Waals surface area contributed by atoms with Gasteiger partial charge in [0.25, 0.3) is 0 Å². The molecule has 228 valence electrons. The quantitative estimate of drug-likeness (QED) is 0.103. The van der Waals surface area contributed by atoms with Crippen molar-refractivity contribution < 1.29 is 61.9 Å². The van der Waals surface area contributed by atoms with E-state index in [1.165, 1.54) is 0 Å². The van der Waals surface area contributed by atoms with Gasteiger partial charge in [0.2, 0.25) is 0 Å². The normalized spacial score (nSPS) is 10.8. The summed E-state index contributed by atoms with van der Waals surface area (Å²) >= 11 is 0. The second-order valence-corrected chi connectivity index (χ2v) is 8.77. The van der Waals surface area contributed by atoms with Crippen LogP contribution in [0.25, 0.3) is 0 Å². The van der Waals surface area contributed by atoms with Crippen molar-refractivity contribution in [2.45, 2.75) is 26.7 Å². The fourth-order valence-electron chi connectivity index (χ4n) is 2.79. The third-order valence-corrected chi connectivity index (χ3v) is 5.22. The van der Waals surface area contributed by atoms with Crippen LogP contribution in [0.15, 0.2) is 50.6 Å². The fraction of sp³-hybridized carbons (Fsp3) is 0.500. The van der Waals surface area contributed by atoms with E-state index in [0.29, 0.717) is 0 Å². The van der Waals surface area contributed by atoms with Gasteiger partial charge in [-0.3, -0.25) is 9.59 Å². The Labute approximate surface area is 239 Å². The van der Waals surface area contributed by atoms with Crippen molar-refractivity contribution in [2.75, 3.05) is 52.9 Å². The monoisotopic (exact) mass is 582 g/mol. The number of hydrogen-bond donors (Lipinski definition) is 0. The zero-order valence-corrected chi connectivity index (χ0v) is 23.5. The molecule has 0 aliphatic carbocycles. The first kappa shape index (κ1) is 36.7. The number of carbonyl (C=O) groups is 6. The number of esters is 6. The molecule has 0 aromatic rings. The van der Waals surface area contributed by atoms with Crippen molar-refractivity contribution in [2.24, 2.45) is 10.8 Å². The summed E-state index contributed by atoms with van der Waals surface area (Å²) in [4.78, 5) is 71.2. The largest absolute Gasteiger partial charge is 0.465 e. The van der Waals surface area contributed by atoms with Crippen LogP contribution in [0.1, 0.15) is 26.7 Å². The molecule has 13 heteroatoms. The zero-order valence-electron chi connectivity index (χ0n) is 23.5. The first-order valence-corrected chi connectivity index (χ1v) is 12.5. The lowest BCUT2D eigenvalue weighted by molar-refractivity contribution is -0.171. The van der Waals surface area contributed by atoms with Crippen molar-refractivity contribution in [1.82, 2.24) is 0 Å². The molecular formula is C28H38O13. The Morgan fingerprint density at radius 1 is 0.463 bits per heavy atom. The van der Waals surface area contributed by atoms with E-state index in [2.05, 4.69) is 26.3 Å². The molecule has 0 radical (unpaired) electrons. The topological polar surface area (TPSA) is 167 Å². The average Bonchev–Trinajstić information content (AvgIpc) is 3.00. The van der Waals surface area contributed by atoms with Crippen molar-refractivity contribution in [3.05, 3.63) is 50.6 Å². The van der Waals surface area contributed by atoms with Crippen molar-refractivity contribution >= 4 is 35.8 Å². The third-order valence-electron chi connectivity index (χ3n) is 5.22. The van der Waals surface area contributed by atoms with Gasteiger partial charge in [-0.25, -0.2) is 19.2 Å². The molecule has 0 aromatic heterocycles. The van der Waals surface area contributed by atoms with E-state index in [4.69, 9.17) is 33.2 Å². The Bertz CT molecular complexity index is 886. The van der Waals surface area contributed by atoms with Crippen molar-refractivity contribution in [3.63, 3.8) is 0 Å². The molecule has 0 rings (SSSR count). The van der Waals surface area contributed by atoms with Crippen LogP contribution >= 0.6 is 0 Å². The minimum Gasteiger partial charge on any atom is -0.465 e. The van der Waals surface area contributed by atoms with Crippen LogP contribution in [0.3, 0.4) is 0 Å². The molecule has 0 aliphatic rings. The van der Waals surface area contributed by atoms with Gasteiger partial charge in [-0.15, -0.1) is 0 Å². The Morgan fingerprint density at radius 3 is 0.927 bits per heavy atom. The molecule has 0 amide bonds. The first-order valence-electron chi connectivity index (χ1n) is 12.5. The molecule has 0 aromatic carbocycles. The van der Waals surface area contributed by atoms with Crippen LogP contribution in [-0.4, -0.2) is 88.7 Å². The highest BCUT2D eigenvalue weighted by atomic mass is 16.6. The molecule has 0 atom stereocenters. The van der Waals surface area contributed by atoms with Gasteiger partial charge in [0.05, 0.1) is 24.0 Å². The third kappa shape index (κ3) is 15.2. The maximum absolute atomic E-state index is 11.9. The number of ether oxygens (including phenoxy) is 7. The summed E-state index contributed by atoms with van der Waals surface area (Å²) < 4.78 is 37.2. The maximum Gasteiger partial charge on any atom is 0.330 e. The highest BCUT2D eigenvalue weighted by molar-refractivity contribution is 5.82. The molecule has 0 saturated heterocycles. The fourth-order valence-corrected chi connectivity index (χ4v) is 2.79. The molecule has 0 fully saturated rings. The number of hydrogen-bond acceptors (Lipinski definition) is 13. The molecule has 0 saturated carbocycles. The smallest absolute Gasteiger partial charge is 0.330 e. The Hall–Kier alpha value is -4.26. The molecule has 0 heterocycles. The SMILES string of the molecule is C=CC(=O)OCC(COCC(COC(=O)C=C)(COC(=O)CC)COC(=O)CC)(COC(=O)C=C)COC(=O)C=C. The van der Waals surface area contributed by atoms with Gasteiger partial charge in [-0.1, -0.05) is 40.2 Å². The van der Waals surface area contributed by atoms with E-state index in [1.54, 1.807) is 13.8 Å². The second-order valence-electron chi connectivity index (χ2n) is 8.77. The molecule has 0 spiro atoms. The van der Waals surface area contributed by atoms with Gasteiger partial charge in [-0.2, -0.15) is 0 Å². The molecule has 13 nitrogen and oxygen atoms in total. The lowest BCUT2D eigenvalue weighted by Gasteiger charge is -2.35. The summed E-state index contributed by atoms with van der Waals surface area (Å²) in [5.41, 5.74) is -2.85. The Kier molecular flexibility index (Phi) is 17.7. The predicted molar refractivity (Wildman–Crippen MR) is 143 cm³/mol.